The van der Waals surface area contributed by atoms with E-state index in [0.717, 1.165) is 0 Å². The molecular formula is C14H18N4O3S. The molecule has 0 spiro atoms. The van der Waals surface area contributed by atoms with Crippen LogP contribution in [-0.2, 0) is 10.0 Å². The minimum atomic E-state index is -3.78. The number of carbonyl (C=O) groups is 1. The number of nitrogens with two attached hydrogens (primary N) is 1. The number of terminal acetylenes is 1. The van der Waals surface area contributed by atoms with Crippen molar-refractivity contribution in [3.63, 3.8) is 0 Å². The van der Waals surface area contributed by atoms with Crippen LogP contribution in [0.2, 0.25) is 0 Å². The Morgan fingerprint density at radius 3 is 2.50 bits per heavy atom. The van der Waals surface area contributed by atoms with Crippen molar-refractivity contribution < 1.29 is 13.2 Å². The number of hydrogen-bond donors (Lipinski definition) is 2. The van der Waals surface area contributed by atoms with Crippen LogP contribution in [-0.4, -0.2) is 52.1 Å². The van der Waals surface area contributed by atoms with Crippen molar-refractivity contribution >= 4 is 21.7 Å². The molecule has 1 saturated heterocycles. The lowest BCUT2D eigenvalue weighted by atomic mass is 10.2. The fourth-order valence-electron chi connectivity index (χ4n) is 2.35. The molecule has 1 aliphatic heterocycles. The number of rotatable bonds is 3. The van der Waals surface area contributed by atoms with E-state index in [1.807, 2.05) is 4.90 Å². The van der Waals surface area contributed by atoms with Crippen molar-refractivity contribution in [3.05, 3.63) is 24.3 Å². The van der Waals surface area contributed by atoms with Gasteiger partial charge in [-0.25, -0.2) is 18.4 Å². The summed E-state index contributed by atoms with van der Waals surface area (Å²) in [4.78, 5) is 15.5. The predicted octanol–water partition coefficient (Wildman–Crippen LogP) is -0.201. The van der Waals surface area contributed by atoms with E-state index >= 15 is 0 Å². The quantitative estimate of drug-likeness (QED) is 0.753. The fraction of sp³-hybridized carbons (Fsp3) is 0.357. The molecule has 1 aliphatic rings. The number of sulfonamides is 1. The highest BCUT2D eigenvalue weighted by Gasteiger charge is 2.24. The molecule has 0 radical (unpaired) electrons. The molecule has 22 heavy (non-hydrogen) atoms. The van der Waals surface area contributed by atoms with Gasteiger partial charge in [0, 0.05) is 26.2 Å². The van der Waals surface area contributed by atoms with Crippen LogP contribution >= 0.6 is 0 Å². The summed E-state index contributed by atoms with van der Waals surface area (Å²) in [7, 11) is -3.78. The molecule has 3 N–H and O–H groups in total. The summed E-state index contributed by atoms with van der Waals surface area (Å²) in [5.41, 5.74) is 0.564. The molecule has 0 saturated carbocycles. The van der Waals surface area contributed by atoms with Crippen molar-refractivity contribution in [2.75, 3.05) is 37.6 Å². The molecule has 0 atom stereocenters. The van der Waals surface area contributed by atoms with Gasteiger partial charge in [-0.3, -0.25) is 0 Å². The minimum absolute atomic E-state index is 0.0974. The second kappa shape index (κ2) is 6.68. The van der Waals surface area contributed by atoms with Crippen molar-refractivity contribution in [3.8, 4) is 12.3 Å². The van der Waals surface area contributed by atoms with Crippen LogP contribution in [0.15, 0.2) is 29.2 Å². The highest BCUT2D eigenvalue weighted by Crippen LogP contribution is 2.24. The standard InChI is InChI=1S/C14H18N4O3S/c1-2-7-16-14(19)18-10-8-17(9-11-18)12-5-3-4-6-13(12)22(15,20)21/h1,3-6H,7-11H2,(H,16,19)(H2,15,20,21). The maximum atomic E-state index is 11.8. The first kappa shape index (κ1) is 16.1. The van der Waals surface area contributed by atoms with Crippen molar-refractivity contribution in [1.29, 1.82) is 0 Å². The largest absolute Gasteiger partial charge is 0.367 e. The maximum absolute atomic E-state index is 11.8. The average Bonchev–Trinajstić information content (AvgIpc) is 2.52. The highest BCUT2D eigenvalue weighted by atomic mass is 32.2. The van der Waals surface area contributed by atoms with Crippen LogP contribution in [0.4, 0.5) is 10.5 Å². The van der Waals surface area contributed by atoms with E-state index in [2.05, 4.69) is 11.2 Å². The van der Waals surface area contributed by atoms with Gasteiger partial charge in [0.1, 0.15) is 4.90 Å². The number of nitrogens with one attached hydrogen (secondary N) is 1. The molecule has 0 aromatic heterocycles. The number of carbonyl (C=O) groups excluding carboxylic acids is 1. The Hall–Kier alpha value is -2.24. The highest BCUT2D eigenvalue weighted by molar-refractivity contribution is 7.89. The number of primary sulfonamides is 1. The monoisotopic (exact) mass is 322 g/mol. The number of hydrogen-bond acceptors (Lipinski definition) is 4. The van der Waals surface area contributed by atoms with E-state index in [1.165, 1.54) is 6.07 Å². The average molecular weight is 322 g/mol. The third-order valence-electron chi connectivity index (χ3n) is 3.42. The molecule has 118 valence electrons. The summed E-state index contributed by atoms with van der Waals surface area (Å²) in [6, 6.07) is 6.38. The molecule has 8 heteroatoms. The van der Waals surface area contributed by atoms with Gasteiger partial charge in [-0.2, -0.15) is 0 Å². The molecule has 1 fully saturated rings. The van der Waals surface area contributed by atoms with Gasteiger partial charge in [0.25, 0.3) is 0 Å². The number of para-hydroxylation sites is 1. The second-order valence-electron chi connectivity index (χ2n) is 4.85. The van der Waals surface area contributed by atoms with Gasteiger partial charge < -0.3 is 15.1 Å². The Kier molecular flexibility index (Phi) is 4.90. The summed E-state index contributed by atoms with van der Waals surface area (Å²) < 4.78 is 23.3. The first-order valence-electron chi connectivity index (χ1n) is 6.76. The Balaban J connectivity index is 2.07. The Morgan fingerprint density at radius 1 is 1.27 bits per heavy atom. The van der Waals surface area contributed by atoms with Gasteiger partial charge in [-0.15, -0.1) is 6.42 Å². The summed E-state index contributed by atoms with van der Waals surface area (Å²) in [5.74, 6) is 2.35. The Morgan fingerprint density at radius 2 is 1.91 bits per heavy atom. The minimum Gasteiger partial charge on any atom is -0.367 e. The summed E-state index contributed by atoms with van der Waals surface area (Å²) >= 11 is 0. The lowest BCUT2D eigenvalue weighted by Gasteiger charge is -2.36. The lowest BCUT2D eigenvalue weighted by molar-refractivity contribution is 0.195. The fourth-order valence-corrected chi connectivity index (χ4v) is 3.10. The van der Waals surface area contributed by atoms with Crippen LogP contribution in [0.3, 0.4) is 0 Å². The second-order valence-corrected chi connectivity index (χ2v) is 6.38. The molecule has 0 unspecified atom stereocenters. The van der Waals surface area contributed by atoms with Crippen LogP contribution in [0.25, 0.3) is 0 Å². The molecule has 0 bridgehead atoms. The number of amides is 2. The molecule has 1 aromatic rings. The van der Waals surface area contributed by atoms with E-state index in [9.17, 15) is 13.2 Å². The zero-order valence-electron chi connectivity index (χ0n) is 12.0. The predicted molar refractivity (Wildman–Crippen MR) is 83.8 cm³/mol. The van der Waals surface area contributed by atoms with E-state index in [1.54, 1.807) is 23.1 Å². The smallest absolute Gasteiger partial charge is 0.318 e. The first-order chi connectivity index (χ1) is 10.4. The van der Waals surface area contributed by atoms with Crippen molar-refractivity contribution in [2.24, 2.45) is 5.14 Å². The molecule has 1 aromatic carbocycles. The van der Waals surface area contributed by atoms with Gasteiger partial charge >= 0.3 is 6.03 Å². The summed E-state index contributed by atoms with van der Waals surface area (Å²) in [6.07, 6.45) is 5.10. The maximum Gasteiger partial charge on any atom is 0.318 e. The Labute approximate surface area is 130 Å². The number of benzene rings is 1. The van der Waals surface area contributed by atoms with Gasteiger partial charge in [0.05, 0.1) is 12.2 Å². The molecule has 7 nitrogen and oxygen atoms in total. The van der Waals surface area contributed by atoms with E-state index in [4.69, 9.17) is 11.6 Å². The van der Waals surface area contributed by atoms with Crippen LogP contribution in [0.5, 0.6) is 0 Å². The molecular weight excluding hydrogens is 304 g/mol. The van der Waals surface area contributed by atoms with E-state index < -0.39 is 10.0 Å². The SMILES string of the molecule is C#CCNC(=O)N1CCN(c2ccccc2S(N)(=O)=O)CC1. The number of nitrogens with zero attached hydrogens (tertiary/aromatic N) is 2. The van der Waals surface area contributed by atoms with Gasteiger partial charge in [0.2, 0.25) is 10.0 Å². The van der Waals surface area contributed by atoms with E-state index in [-0.39, 0.29) is 17.5 Å². The topological polar surface area (TPSA) is 95.7 Å². The van der Waals surface area contributed by atoms with Crippen molar-refractivity contribution in [1.82, 2.24) is 10.2 Å². The number of piperazine rings is 1. The first-order valence-corrected chi connectivity index (χ1v) is 8.31. The number of urea groups is 1. The van der Waals surface area contributed by atoms with Gasteiger partial charge in [-0.05, 0) is 12.1 Å². The Bertz CT molecular complexity index is 688. The van der Waals surface area contributed by atoms with Gasteiger partial charge in [-0.1, -0.05) is 18.1 Å². The normalized spacial score (nSPS) is 15.3. The zero-order chi connectivity index (χ0) is 16.2. The lowest BCUT2D eigenvalue weighted by Crippen LogP contribution is -2.52. The van der Waals surface area contributed by atoms with Crippen LogP contribution in [0.1, 0.15) is 0 Å². The summed E-state index contributed by atoms with van der Waals surface area (Å²) in [5, 5.41) is 7.86. The molecule has 0 aliphatic carbocycles. The van der Waals surface area contributed by atoms with Crippen molar-refractivity contribution in [2.45, 2.75) is 4.90 Å². The third-order valence-corrected chi connectivity index (χ3v) is 4.38. The van der Waals surface area contributed by atoms with E-state index in [0.29, 0.717) is 31.9 Å². The number of anilines is 1. The molecule has 1 heterocycles. The summed E-state index contributed by atoms with van der Waals surface area (Å²) in [6.45, 7) is 2.20. The molecule has 2 amide bonds. The zero-order valence-corrected chi connectivity index (χ0v) is 12.8. The van der Waals surface area contributed by atoms with Gasteiger partial charge in [0.15, 0.2) is 0 Å². The molecule has 2 rings (SSSR count). The van der Waals surface area contributed by atoms with Crippen LogP contribution < -0.4 is 15.4 Å². The van der Waals surface area contributed by atoms with Crippen LogP contribution in [0, 0.1) is 12.3 Å². The third kappa shape index (κ3) is 3.69.